The molecule has 0 spiro atoms. The van der Waals surface area contributed by atoms with Crippen LogP contribution in [0.1, 0.15) is 115 Å². The first-order chi connectivity index (χ1) is 22.5. The molecule has 4 rings (SSSR count). The number of carbonyl (C=O) groups excluding carboxylic acids is 1. The molecule has 246 valence electrons. The van der Waals surface area contributed by atoms with Crippen molar-refractivity contribution in [3.63, 3.8) is 0 Å². The molecule has 0 fully saturated rings. The predicted octanol–water partition coefficient (Wildman–Crippen LogP) is 11.8. The lowest BCUT2D eigenvalue weighted by Gasteiger charge is -2.18. The third-order valence-electron chi connectivity index (χ3n) is 8.95. The van der Waals surface area contributed by atoms with E-state index in [1.807, 2.05) is 32.9 Å². The molecule has 0 aliphatic heterocycles. The van der Waals surface area contributed by atoms with Gasteiger partial charge in [-0.15, -0.1) is 0 Å². The minimum Gasteiger partial charge on any atom is -0.494 e. The zero-order chi connectivity index (χ0) is 32.6. The van der Waals surface area contributed by atoms with Gasteiger partial charge in [0.2, 0.25) is 0 Å². The largest absolute Gasteiger partial charge is 0.494 e. The Morgan fingerprint density at radius 3 is 1.83 bits per heavy atom. The second-order valence-corrected chi connectivity index (χ2v) is 12.6. The summed E-state index contributed by atoms with van der Waals surface area (Å²) in [5, 5.41) is 2.16. The summed E-state index contributed by atoms with van der Waals surface area (Å²) >= 11 is 0. The lowest BCUT2D eigenvalue weighted by Crippen LogP contribution is -2.20. The summed E-state index contributed by atoms with van der Waals surface area (Å²) in [7, 11) is 0. The first kappa shape index (κ1) is 35.1. The predicted molar refractivity (Wildman–Crippen MR) is 192 cm³/mol. The van der Waals surface area contributed by atoms with E-state index in [-0.39, 0.29) is 18.0 Å². The summed E-state index contributed by atoms with van der Waals surface area (Å²) in [5.41, 5.74) is 4.43. The Morgan fingerprint density at radius 1 is 0.609 bits per heavy atom. The minimum atomic E-state index is -0.301. The highest BCUT2D eigenvalue weighted by Gasteiger charge is 2.20. The van der Waals surface area contributed by atoms with Crippen LogP contribution in [0.5, 0.6) is 11.5 Å². The average Bonchev–Trinajstić information content (AvgIpc) is 3.10. The molecule has 46 heavy (non-hydrogen) atoms. The van der Waals surface area contributed by atoms with Crippen molar-refractivity contribution in [1.82, 2.24) is 0 Å². The van der Waals surface area contributed by atoms with E-state index in [1.165, 1.54) is 62.5 Å². The van der Waals surface area contributed by atoms with Crippen molar-refractivity contribution in [1.29, 1.82) is 0 Å². The smallest absolute Gasteiger partial charge is 0.313 e. The van der Waals surface area contributed by atoms with Crippen LogP contribution >= 0.6 is 0 Å². The number of unbranched alkanes of at least 4 members (excludes halogenated alkanes) is 8. The molecule has 0 amide bonds. The van der Waals surface area contributed by atoms with E-state index in [0.29, 0.717) is 6.61 Å². The van der Waals surface area contributed by atoms with Gasteiger partial charge in [-0.25, -0.2) is 0 Å². The quantitative estimate of drug-likeness (QED) is 0.0726. The Kier molecular flexibility index (Phi) is 14.5. The van der Waals surface area contributed by atoms with Crippen molar-refractivity contribution in [2.24, 2.45) is 0 Å². The molecule has 0 saturated carbocycles. The van der Waals surface area contributed by atoms with Crippen molar-refractivity contribution >= 4 is 16.7 Å². The highest BCUT2D eigenvalue weighted by molar-refractivity contribution is 5.86. The van der Waals surface area contributed by atoms with Crippen LogP contribution in [0.2, 0.25) is 0 Å². The summed E-state index contributed by atoms with van der Waals surface area (Å²) in [6.07, 6.45) is 13.6. The second-order valence-electron chi connectivity index (χ2n) is 12.6. The molecule has 0 aliphatic carbocycles. The highest BCUT2D eigenvalue weighted by atomic mass is 16.5. The molecule has 4 aromatic carbocycles. The molecule has 0 unspecified atom stereocenters. The lowest BCUT2D eigenvalue weighted by molar-refractivity contribution is -0.150. The van der Waals surface area contributed by atoms with Gasteiger partial charge in [0, 0.05) is 0 Å². The first-order valence-corrected chi connectivity index (χ1v) is 17.7. The molecule has 0 aromatic heterocycles. The number of carbonyl (C=O) groups is 1. The third-order valence-corrected chi connectivity index (χ3v) is 8.95. The van der Waals surface area contributed by atoms with E-state index >= 15 is 0 Å². The van der Waals surface area contributed by atoms with E-state index in [0.717, 1.165) is 59.3 Å². The van der Waals surface area contributed by atoms with Gasteiger partial charge < -0.3 is 14.2 Å². The van der Waals surface area contributed by atoms with Gasteiger partial charge in [-0.05, 0) is 83.5 Å². The summed E-state index contributed by atoms with van der Waals surface area (Å²) < 4.78 is 17.8. The number of ether oxygens (including phenoxy) is 3. The maximum atomic E-state index is 12.6. The van der Waals surface area contributed by atoms with Crippen LogP contribution in [0.15, 0.2) is 84.9 Å². The molecule has 0 saturated heterocycles. The van der Waals surface area contributed by atoms with Crippen molar-refractivity contribution in [2.75, 3.05) is 6.61 Å². The number of fused-ring (bicyclic) bond motifs is 1. The van der Waals surface area contributed by atoms with Gasteiger partial charge in [0.15, 0.2) is 0 Å². The van der Waals surface area contributed by atoms with Gasteiger partial charge >= 0.3 is 5.97 Å². The number of rotatable bonds is 20. The van der Waals surface area contributed by atoms with Crippen molar-refractivity contribution in [3.05, 3.63) is 96.1 Å². The number of benzene rings is 4. The molecule has 0 N–H and O–H groups in total. The van der Waals surface area contributed by atoms with E-state index in [1.54, 1.807) is 0 Å². The monoisotopic (exact) mass is 622 g/mol. The minimum absolute atomic E-state index is 0.0168. The van der Waals surface area contributed by atoms with Gasteiger partial charge in [0.25, 0.3) is 0 Å². The second kappa shape index (κ2) is 19.0. The van der Waals surface area contributed by atoms with Crippen LogP contribution in [0, 0.1) is 0 Å². The summed E-state index contributed by atoms with van der Waals surface area (Å²) in [5.74, 6) is 1.30. The third kappa shape index (κ3) is 10.9. The average molecular weight is 623 g/mol. The number of hydrogen-bond donors (Lipinski definition) is 0. The maximum absolute atomic E-state index is 12.6. The molecule has 4 aromatic rings. The molecule has 0 bridgehead atoms. The number of hydrogen-bond acceptors (Lipinski definition) is 4. The van der Waals surface area contributed by atoms with Crippen LogP contribution in [0.3, 0.4) is 0 Å². The highest BCUT2D eigenvalue weighted by Crippen LogP contribution is 2.28. The molecule has 4 heteroatoms. The molecular formula is C42H54O4. The van der Waals surface area contributed by atoms with Crippen molar-refractivity contribution in [2.45, 2.75) is 117 Å². The van der Waals surface area contributed by atoms with Gasteiger partial charge in [0.1, 0.15) is 24.2 Å². The topological polar surface area (TPSA) is 44.8 Å². The molecule has 1 atom stereocenters. The van der Waals surface area contributed by atoms with E-state index < -0.39 is 0 Å². The summed E-state index contributed by atoms with van der Waals surface area (Å²) in [6.45, 7) is 9.56. The molecule has 0 heterocycles. The van der Waals surface area contributed by atoms with Crippen LogP contribution in [0.4, 0.5) is 0 Å². The van der Waals surface area contributed by atoms with Gasteiger partial charge in [-0.3, -0.25) is 4.79 Å². The van der Waals surface area contributed by atoms with Gasteiger partial charge in [-0.2, -0.15) is 0 Å². The fraction of sp³-hybridized carbons (Fsp3) is 0.452. The fourth-order valence-corrected chi connectivity index (χ4v) is 5.77. The SMILES string of the molecule is CCCCCCCCCCCOc1ccc(-c2ccc(COc3ccc4cc([C@H](C)C(=O)OC(CC)CC)ccc4c3)cc2)cc1. The number of esters is 1. The molecule has 4 nitrogen and oxygen atoms in total. The standard InChI is InChI=1S/C42H54O4/c1-5-8-9-10-11-12-13-14-15-28-44-40-25-22-35(23-26-40)34-18-16-33(17-19-34)31-45-41-27-24-37-29-36(20-21-38(37)30-41)32(4)42(43)46-39(6-2)7-3/h16-27,29-30,32,39H,5-15,28,31H2,1-4H3/t32-/m0/s1. The Morgan fingerprint density at radius 2 is 1.17 bits per heavy atom. The van der Waals surface area contributed by atoms with Gasteiger partial charge in [0.05, 0.1) is 12.5 Å². The van der Waals surface area contributed by atoms with Crippen molar-refractivity contribution in [3.8, 4) is 22.6 Å². The molecule has 0 radical (unpaired) electrons. The Labute approximate surface area is 277 Å². The first-order valence-electron chi connectivity index (χ1n) is 17.7. The maximum Gasteiger partial charge on any atom is 0.313 e. The van der Waals surface area contributed by atoms with E-state index in [2.05, 4.69) is 79.7 Å². The normalized spacial score (nSPS) is 11.9. The van der Waals surface area contributed by atoms with Crippen LogP contribution in [-0.2, 0) is 16.1 Å². The zero-order valence-electron chi connectivity index (χ0n) is 28.6. The fourth-order valence-electron chi connectivity index (χ4n) is 5.77. The van der Waals surface area contributed by atoms with E-state index in [4.69, 9.17) is 14.2 Å². The molecule has 0 aliphatic rings. The Balaban J connectivity index is 1.21. The summed E-state index contributed by atoms with van der Waals surface area (Å²) in [6, 6.07) is 29.2. The summed E-state index contributed by atoms with van der Waals surface area (Å²) in [4.78, 5) is 12.6. The van der Waals surface area contributed by atoms with Crippen LogP contribution in [0.25, 0.3) is 21.9 Å². The van der Waals surface area contributed by atoms with Crippen molar-refractivity contribution < 1.29 is 19.0 Å². The van der Waals surface area contributed by atoms with Crippen LogP contribution in [-0.4, -0.2) is 18.7 Å². The Hall–Kier alpha value is -3.79. The Bertz CT molecular complexity index is 1450. The van der Waals surface area contributed by atoms with Crippen LogP contribution < -0.4 is 9.47 Å². The van der Waals surface area contributed by atoms with Gasteiger partial charge in [-0.1, -0.05) is 133 Å². The molecular weight excluding hydrogens is 568 g/mol. The van der Waals surface area contributed by atoms with E-state index in [9.17, 15) is 4.79 Å². The lowest BCUT2D eigenvalue weighted by atomic mass is 9.97. The zero-order valence-corrected chi connectivity index (χ0v) is 28.6.